The second kappa shape index (κ2) is 8.76. The van der Waals surface area contributed by atoms with Crippen LogP contribution in [0.1, 0.15) is 41.0 Å². The average Bonchev–Trinajstić information content (AvgIpc) is 2.91. The van der Waals surface area contributed by atoms with Crippen molar-refractivity contribution >= 4 is 27.3 Å². The van der Waals surface area contributed by atoms with Gasteiger partial charge in [0.2, 0.25) is 0 Å². The normalized spacial score (nSPS) is 23.1. The van der Waals surface area contributed by atoms with E-state index in [9.17, 15) is 13.2 Å². The van der Waals surface area contributed by atoms with E-state index in [0.717, 1.165) is 30.9 Å². The van der Waals surface area contributed by atoms with Crippen LogP contribution >= 0.6 is 0 Å². The predicted octanol–water partition coefficient (Wildman–Crippen LogP) is 3.64. The van der Waals surface area contributed by atoms with E-state index in [-0.39, 0.29) is 23.3 Å². The lowest BCUT2D eigenvalue weighted by Gasteiger charge is -2.48. The zero-order valence-electron chi connectivity index (χ0n) is 20.6. The van der Waals surface area contributed by atoms with Gasteiger partial charge in [-0.15, -0.1) is 0 Å². The second-order valence-electron chi connectivity index (χ2n) is 11.2. The average molecular weight is 466 g/mol. The van der Waals surface area contributed by atoms with Gasteiger partial charge >= 0.3 is 6.09 Å². The minimum Gasteiger partial charge on any atom is -0.444 e. The summed E-state index contributed by atoms with van der Waals surface area (Å²) >= 11 is 0. The first-order valence-electron chi connectivity index (χ1n) is 11.4. The molecule has 1 amide bonds. The summed E-state index contributed by atoms with van der Waals surface area (Å²) in [6, 6.07) is 8.52. The Morgan fingerprint density at radius 2 is 1.78 bits per heavy atom. The number of hydrogen-bond acceptors (Lipinski definition) is 6. The molecule has 2 atom stereocenters. The quantitative estimate of drug-likeness (QED) is 0.661. The first kappa shape index (κ1) is 24.7. The minimum absolute atomic E-state index is 0.0740. The van der Waals surface area contributed by atoms with Gasteiger partial charge in [-0.25, -0.2) is 13.2 Å². The molecule has 0 N–H and O–H groups in total. The molecule has 180 valence electrons. The molecule has 3 heterocycles. The Bertz CT molecular complexity index is 922. The fraction of sp³-hybridized carbons (Fsp3) is 0.708. The van der Waals surface area contributed by atoms with Crippen LogP contribution in [0.3, 0.4) is 0 Å². The molecule has 1 aromatic rings. The summed E-state index contributed by atoms with van der Waals surface area (Å²) in [6.45, 7) is 13.0. The Morgan fingerprint density at radius 3 is 2.34 bits per heavy atom. The molecule has 3 aliphatic heterocycles. The second-order valence-corrected chi connectivity index (χ2v) is 13.4. The smallest absolute Gasteiger partial charge is 0.410 e. The molecule has 3 aliphatic rings. The molecule has 0 spiro atoms. The number of benzene rings is 1. The van der Waals surface area contributed by atoms with Gasteiger partial charge in [0.1, 0.15) is 15.4 Å². The molecular weight excluding hydrogens is 426 g/mol. The van der Waals surface area contributed by atoms with Gasteiger partial charge in [0.05, 0.1) is 11.8 Å². The van der Waals surface area contributed by atoms with E-state index in [1.54, 1.807) is 0 Å². The number of nitrogens with zero attached hydrogens (tertiary/aromatic N) is 3. The lowest BCUT2D eigenvalue weighted by molar-refractivity contribution is 0.0240. The minimum atomic E-state index is -2.99. The summed E-state index contributed by atoms with van der Waals surface area (Å²) in [5, 5.41) is 0. The van der Waals surface area contributed by atoms with Gasteiger partial charge < -0.3 is 19.4 Å². The third-order valence-corrected chi connectivity index (χ3v) is 7.42. The van der Waals surface area contributed by atoms with Crippen molar-refractivity contribution in [1.29, 1.82) is 0 Å². The number of hydrogen-bond donors (Lipinski definition) is 0. The van der Waals surface area contributed by atoms with Crippen LogP contribution in [0, 0.1) is 11.3 Å². The number of anilines is 2. The largest absolute Gasteiger partial charge is 0.444 e. The zero-order chi connectivity index (χ0) is 23.9. The van der Waals surface area contributed by atoms with Crippen LogP contribution in [0.25, 0.3) is 0 Å². The number of ether oxygens (including phenoxy) is 1. The number of amides is 1. The van der Waals surface area contributed by atoms with Gasteiger partial charge in [-0.2, -0.15) is 0 Å². The van der Waals surface area contributed by atoms with Crippen LogP contribution in [0.5, 0.6) is 0 Å². The van der Waals surface area contributed by atoms with E-state index in [1.165, 1.54) is 6.26 Å². The van der Waals surface area contributed by atoms with Crippen molar-refractivity contribution in [2.45, 2.75) is 52.7 Å². The van der Waals surface area contributed by atoms with Crippen molar-refractivity contribution in [1.82, 2.24) is 4.90 Å². The van der Waals surface area contributed by atoms with E-state index >= 15 is 0 Å². The van der Waals surface area contributed by atoms with Crippen LogP contribution in [0.15, 0.2) is 24.3 Å². The van der Waals surface area contributed by atoms with Crippen LogP contribution in [0.2, 0.25) is 0 Å². The van der Waals surface area contributed by atoms with Crippen molar-refractivity contribution in [3.8, 4) is 0 Å². The number of carbonyl (C=O) groups excluding carboxylic acids is 1. The molecule has 0 unspecified atom stereocenters. The van der Waals surface area contributed by atoms with Crippen LogP contribution in [0.4, 0.5) is 16.2 Å². The number of carbonyl (C=O) groups is 1. The highest BCUT2D eigenvalue weighted by Crippen LogP contribution is 2.43. The number of fused-ring (bicyclic) bond motifs is 4. The number of sulfone groups is 1. The number of piperidine rings is 1. The van der Waals surface area contributed by atoms with Crippen molar-refractivity contribution in [2.75, 3.05) is 55.0 Å². The Morgan fingerprint density at radius 1 is 1.16 bits per heavy atom. The monoisotopic (exact) mass is 465 g/mol. The van der Waals surface area contributed by atoms with Crippen LogP contribution < -0.4 is 9.80 Å². The third-order valence-electron chi connectivity index (χ3n) is 6.49. The van der Waals surface area contributed by atoms with Gasteiger partial charge in [-0.05, 0) is 62.8 Å². The molecule has 3 saturated heterocycles. The lowest BCUT2D eigenvalue weighted by Crippen LogP contribution is -2.54. The SMILES string of the molecule is CN(CCS(C)(=O)=O)c1ccc(N2C[C@H]3CN(C(=O)OC(C)(C)C)C[C@@H]2C(C)(C)C3)cc1. The summed E-state index contributed by atoms with van der Waals surface area (Å²) in [5.74, 6) is 0.518. The highest BCUT2D eigenvalue weighted by atomic mass is 32.2. The maximum absolute atomic E-state index is 12.8. The summed E-state index contributed by atoms with van der Waals surface area (Å²) in [5.41, 5.74) is 1.70. The van der Waals surface area contributed by atoms with Crippen molar-refractivity contribution in [3.05, 3.63) is 24.3 Å². The van der Waals surface area contributed by atoms with Gasteiger partial charge in [0, 0.05) is 50.9 Å². The van der Waals surface area contributed by atoms with E-state index in [2.05, 4.69) is 43.0 Å². The van der Waals surface area contributed by atoms with Crippen molar-refractivity contribution in [2.24, 2.45) is 11.3 Å². The van der Waals surface area contributed by atoms with Gasteiger partial charge in [-0.3, -0.25) is 0 Å². The van der Waals surface area contributed by atoms with E-state index < -0.39 is 15.4 Å². The Labute approximate surface area is 193 Å². The molecular formula is C24H39N3O4S. The van der Waals surface area contributed by atoms with E-state index in [1.807, 2.05) is 37.6 Å². The summed E-state index contributed by atoms with van der Waals surface area (Å²) in [7, 11) is -1.08. The molecule has 3 fully saturated rings. The van der Waals surface area contributed by atoms with Crippen LogP contribution in [-0.4, -0.2) is 76.3 Å². The highest BCUT2D eigenvalue weighted by Gasteiger charge is 2.47. The first-order chi connectivity index (χ1) is 14.6. The first-order valence-corrected chi connectivity index (χ1v) is 13.4. The molecule has 0 saturated carbocycles. The maximum Gasteiger partial charge on any atom is 0.410 e. The molecule has 1 aromatic carbocycles. The van der Waals surface area contributed by atoms with Gasteiger partial charge in [-0.1, -0.05) is 13.8 Å². The lowest BCUT2D eigenvalue weighted by atomic mass is 9.73. The zero-order valence-corrected chi connectivity index (χ0v) is 21.4. The van der Waals surface area contributed by atoms with Crippen LogP contribution in [-0.2, 0) is 14.6 Å². The molecule has 32 heavy (non-hydrogen) atoms. The van der Waals surface area contributed by atoms with Gasteiger partial charge in [0.25, 0.3) is 0 Å². The molecule has 2 bridgehead atoms. The summed E-state index contributed by atoms with van der Waals surface area (Å²) in [4.78, 5) is 19.1. The summed E-state index contributed by atoms with van der Waals surface area (Å²) < 4.78 is 28.6. The molecule has 4 rings (SSSR count). The maximum atomic E-state index is 12.8. The summed E-state index contributed by atoms with van der Waals surface area (Å²) in [6.07, 6.45) is 2.12. The molecule has 7 nitrogen and oxygen atoms in total. The Balaban J connectivity index is 1.77. The van der Waals surface area contributed by atoms with E-state index in [0.29, 0.717) is 19.0 Å². The molecule has 8 heteroatoms. The Kier molecular flexibility index (Phi) is 6.76. The fourth-order valence-electron chi connectivity index (χ4n) is 4.93. The third kappa shape index (κ3) is 6.09. The van der Waals surface area contributed by atoms with E-state index in [4.69, 9.17) is 4.74 Å². The molecule has 0 aromatic heterocycles. The predicted molar refractivity (Wildman–Crippen MR) is 130 cm³/mol. The van der Waals surface area contributed by atoms with Gasteiger partial charge in [0.15, 0.2) is 0 Å². The fourth-order valence-corrected chi connectivity index (χ4v) is 5.53. The molecule has 0 radical (unpaired) electrons. The standard InChI is InChI=1S/C24H39N3O4S/c1-23(2,3)31-22(28)26-15-18-14-24(4,5)21(17-26)27(16-18)20-10-8-19(9-11-20)25(6)12-13-32(7,29)30/h8-11,18,21H,12-17H2,1-7H3/t18-,21-/m1/s1. The molecule has 0 aliphatic carbocycles. The highest BCUT2D eigenvalue weighted by molar-refractivity contribution is 7.90. The van der Waals surface area contributed by atoms with Crippen molar-refractivity contribution in [3.63, 3.8) is 0 Å². The Hall–Kier alpha value is -1.96. The topological polar surface area (TPSA) is 70.2 Å². The number of rotatable bonds is 5. The van der Waals surface area contributed by atoms with Crippen molar-refractivity contribution < 1.29 is 17.9 Å².